The van der Waals surface area contributed by atoms with Gasteiger partial charge in [-0.25, -0.2) is 0 Å². The summed E-state index contributed by atoms with van der Waals surface area (Å²) < 4.78 is 21.8. The van der Waals surface area contributed by atoms with E-state index in [0.29, 0.717) is 33.0 Å². The topological polar surface area (TPSA) is 49.0 Å². The first kappa shape index (κ1) is 17.9. The van der Waals surface area contributed by atoms with Gasteiger partial charge in [0.15, 0.2) is 11.5 Å². The Balaban J connectivity index is 1.69. The third-order valence-electron chi connectivity index (χ3n) is 3.31. The standard InChI is InChI=1S/C19H25NO4/c1-3-22-14-15-23-17-10-8-16(9-11-17)20-12-13-24-19-7-5-4-6-18(19)21-2/h4-11,20H,3,12-15H2,1-2H3. The van der Waals surface area contributed by atoms with Crippen LogP contribution in [0.5, 0.6) is 17.2 Å². The van der Waals surface area contributed by atoms with Crippen molar-refractivity contribution in [2.75, 3.05) is 45.4 Å². The second kappa shape index (κ2) is 10.4. The summed E-state index contributed by atoms with van der Waals surface area (Å²) in [6.45, 7) is 5.10. The Morgan fingerprint density at radius 3 is 2.29 bits per heavy atom. The Morgan fingerprint density at radius 2 is 1.58 bits per heavy atom. The first-order valence-electron chi connectivity index (χ1n) is 8.13. The largest absolute Gasteiger partial charge is 0.493 e. The summed E-state index contributed by atoms with van der Waals surface area (Å²) in [5.41, 5.74) is 1.02. The molecule has 24 heavy (non-hydrogen) atoms. The van der Waals surface area contributed by atoms with Gasteiger partial charge in [-0.05, 0) is 43.3 Å². The highest BCUT2D eigenvalue weighted by Crippen LogP contribution is 2.25. The van der Waals surface area contributed by atoms with Gasteiger partial charge < -0.3 is 24.3 Å². The minimum absolute atomic E-state index is 0.549. The van der Waals surface area contributed by atoms with E-state index >= 15 is 0 Å². The molecule has 0 amide bonds. The van der Waals surface area contributed by atoms with Crippen molar-refractivity contribution in [1.82, 2.24) is 0 Å². The van der Waals surface area contributed by atoms with E-state index in [1.165, 1.54) is 0 Å². The molecule has 0 aromatic heterocycles. The van der Waals surface area contributed by atoms with Crippen molar-refractivity contribution in [2.45, 2.75) is 6.92 Å². The molecule has 1 N–H and O–H groups in total. The Bertz CT molecular complexity index is 586. The first-order valence-corrected chi connectivity index (χ1v) is 8.13. The zero-order valence-corrected chi connectivity index (χ0v) is 14.3. The SMILES string of the molecule is CCOCCOc1ccc(NCCOc2ccccc2OC)cc1. The van der Waals surface area contributed by atoms with Gasteiger partial charge in [0.2, 0.25) is 0 Å². The molecule has 0 aliphatic carbocycles. The van der Waals surface area contributed by atoms with Gasteiger partial charge in [-0.15, -0.1) is 0 Å². The van der Waals surface area contributed by atoms with Crippen molar-refractivity contribution in [1.29, 1.82) is 0 Å². The van der Waals surface area contributed by atoms with Crippen LogP contribution in [0.25, 0.3) is 0 Å². The smallest absolute Gasteiger partial charge is 0.161 e. The van der Waals surface area contributed by atoms with Crippen molar-refractivity contribution < 1.29 is 18.9 Å². The van der Waals surface area contributed by atoms with Crippen LogP contribution in [-0.2, 0) is 4.74 Å². The summed E-state index contributed by atoms with van der Waals surface area (Å²) in [6, 6.07) is 15.5. The van der Waals surface area contributed by atoms with E-state index in [9.17, 15) is 0 Å². The second-order valence-corrected chi connectivity index (χ2v) is 5.00. The lowest BCUT2D eigenvalue weighted by Gasteiger charge is -2.12. The number of hydrogen-bond acceptors (Lipinski definition) is 5. The van der Waals surface area contributed by atoms with Crippen LogP contribution in [0, 0.1) is 0 Å². The summed E-state index contributed by atoms with van der Waals surface area (Å²) in [5, 5.41) is 3.31. The minimum atomic E-state index is 0.549. The molecule has 2 aromatic carbocycles. The van der Waals surface area contributed by atoms with Gasteiger partial charge in [0.05, 0.1) is 13.7 Å². The second-order valence-electron chi connectivity index (χ2n) is 5.00. The van der Waals surface area contributed by atoms with Crippen LogP contribution in [0.4, 0.5) is 5.69 Å². The van der Waals surface area contributed by atoms with E-state index in [0.717, 1.165) is 22.9 Å². The lowest BCUT2D eigenvalue weighted by atomic mass is 10.3. The summed E-state index contributed by atoms with van der Waals surface area (Å²) in [6.07, 6.45) is 0. The van der Waals surface area contributed by atoms with Crippen molar-refractivity contribution in [3.63, 3.8) is 0 Å². The number of nitrogens with one attached hydrogen (secondary N) is 1. The molecule has 130 valence electrons. The molecule has 5 nitrogen and oxygen atoms in total. The molecule has 2 aromatic rings. The van der Waals surface area contributed by atoms with E-state index < -0.39 is 0 Å². The monoisotopic (exact) mass is 331 g/mol. The van der Waals surface area contributed by atoms with Crippen LogP contribution in [-0.4, -0.2) is 40.1 Å². The van der Waals surface area contributed by atoms with Gasteiger partial charge in [0.25, 0.3) is 0 Å². The van der Waals surface area contributed by atoms with Crippen molar-refractivity contribution in [3.05, 3.63) is 48.5 Å². The van der Waals surface area contributed by atoms with Crippen molar-refractivity contribution >= 4 is 5.69 Å². The highest BCUT2D eigenvalue weighted by Gasteiger charge is 2.02. The Morgan fingerprint density at radius 1 is 0.833 bits per heavy atom. The summed E-state index contributed by atoms with van der Waals surface area (Å²) in [4.78, 5) is 0. The normalized spacial score (nSPS) is 10.2. The number of methoxy groups -OCH3 is 1. The third kappa shape index (κ3) is 6.01. The molecule has 0 unspecified atom stereocenters. The summed E-state index contributed by atoms with van der Waals surface area (Å²) in [5.74, 6) is 2.33. The summed E-state index contributed by atoms with van der Waals surface area (Å²) >= 11 is 0. The lowest BCUT2D eigenvalue weighted by Crippen LogP contribution is -2.12. The average Bonchev–Trinajstić information content (AvgIpc) is 2.64. The molecule has 0 heterocycles. The van der Waals surface area contributed by atoms with Crippen LogP contribution in [0.3, 0.4) is 0 Å². The maximum Gasteiger partial charge on any atom is 0.161 e. The average molecular weight is 331 g/mol. The molecular formula is C19H25NO4. The van der Waals surface area contributed by atoms with Gasteiger partial charge in [0, 0.05) is 18.8 Å². The molecule has 0 aliphatic heterocycles. The van der Waals surface area contributed by atoms with Crippen LogP contribution in [0.2, 0.25) is 0 Å². The Kier molecular flexibility index (Phi) is 7.77. The van der Waals surface area contributed by atoms with E-state index in [1.54, 1.807) is 7.11 Å². The number of para-hydroxylation sites is 2. The molecule has 5 heteroatoms. The first-order chi connectivity index (χ1) is 11.8. The van der Waals surface area contributed by atoms with Gasteiger partial charge in [-0.2, -0.15) is 0 Å². The predicted molar refractivity (Wildman–Crippen MR) is 95.4 cm³/mol. The van der Waals surface area contributed by atoms with Gasteiger partial charge in [-0.1, -0.05) is 12.1 Å². The van der Waals surface area contributed by atoms with Gasteiger partial charge >= 0.3 is 0 Å². The van der Waals surface area contributed by atoms with Gasteiger partial charge in [0.1, 0.15) is 19.0 Å². The fourth-order valence-electron chi connectivity index (χ4n) is 2.13. The molecule has 0 fully saturated rings. The minimum Gasteiger partial charge on any atom is -0.493 e. The molecule has 2 rings (SSSR count). The van der Waals surface area contributed by atoms with E-state index in [4.69, 9.17) is 18.9 Å². The fourth-order valence-corrected chi connectivity index (χ4v) is 2.13. The zero-order valence-electron chi connectivity index (χ0n) is 14.3. The Labute approximate surface area is 143 Å². The van der Waals surface area contributed by atoms with Gasteiger partial charge in [-0.3, -0.25) is 0 Å². The van der Waals surface area contributed by atoms with Crippen LogP contribution < -0.4 is 19.5 Å². The van der Waals surface area contributed by atoms with Crippen LogP contribution in [0.1, 0.15) is 6.92 Å². The number of rotatable bonds is 11. The van der Waals surface area contributed by atoms with Crippen molar-refractivity contribution in [3.8, 4) is 17.2 Å². The highest BCUT2D eigenvalue weighted by molar-refractivity contribution is 5.46. The van der Waals surface area contributed by atoms with E-state index in [2.05, 4.69) is 5.32 Å². The molecule has 0 radical (unpaired) electrons. The maximum absolute atomic E-state index is 5.72. The number of anilines is 1. The number of hydrogen-bond donors (Lipinski definition) is 1. The molecular weight excluding hydrogens is 306 g/mol. The molecule has 0 saturated carbocycles. The predicted octanol–water partition coefficient (Wildman–Crippen LogP) is 3.60. The molecule has 0 spiro atoms. The quantitative estimate of drug-likeness (QED) is 0.638. The molecule has 0 saturated heterocycles. The van der Waals surface area contributed by atoms with Crippen LogP contribution in [0.15, 0.2) is 48.5 Å². The van der Waals surface area contributed by atoms with Crippen molar-refractivity contribution in [2.24, 2.45) is 0 Å². The Hall–Kier alpha value is -2.40. The van der Waals surface area contributed by atoms with Crippen LogP contribution >= 0.6 is 0 Å². The maximum atomic E-state index is 5.72. The molecule has 0 aliphatic rings. The van der Waals surface area contributed by atoms with E-state index in [1.807, 2.05) is 55.5 Å². The zero-order chi connectivity index (χ0) is 17.0. The summed E-state index contributed by atoms with van der Waals surface area (Å²) in [7, 11) is 1.64. The number of ether oxygens (including phenoxy) is 4. The highest BCUT2D eigenvalue weighted by atomic mass is 16.5. The van der Waals surface area contributed by atoms with E-state index in [-0.39, 0.29) is 0 Å². The number of benzene rings is 2. The third-order valence-corrected chi connectivity index (χ3v) is 3.31. The molecule has 0 atom stereocenters. The lowest BCUT2D eigenvalue weighted by molar-refractivity contribution is 0.110. The molecule has 0 bridgehead atoms. The fraction of sp³-hybridized carbons (Fsp3) is 0.368.